The van der Waals surface area contributed by atoms with Crippen LogP contribution in [0.1, 0.15) is 245 Å². The number of unbranched alkanes of at least 4 members (excludes halogenated alkanes) is 31. The van der Waals surface area contributed by atoms with Gasteiger partial charge >= 0.3 is 19.8 Å². The first kappa shape index (κ1) is 57.7. The van der Waals surface area contributed by atoms with Crippen LogP contribution >= 0.6 is 7.82 Å². The average molecular weight is 861 g/mol. The molecule has 0 rings (SSSR count). The van der Waals surface area contributed by atoms with E-state index in [1.54, 1.807) is 0 Å². The fourth-order valence-corrected chi connectivity index (χ4v) is 7.90. The topological polar surface area (TPSA) is 149 Å². The van der Waals surface area contributed by atoms with Crippen LogP contribution in [0.4, 0.5) is 0 Å². The van der Waals surface area contributed by atoms with E-state index in [9.17, 15) is 24.2 Å². The highest BCUT2D eigenvalue weighted by Crippen LogP contribution is 2.43. The Balaban J connectivity index is 4.14. The van der Waals surface area contributed by atoms with Crippen LogP contribution in [-0.2, 0) is 32.7 Å². The molecule has 0 fully saturated rings. The molecule has 0 heterocycles. The lowest BCUT2D eigenvalue weighted by molar-refractivity contribution is -0.161. The van der Waals surface area contributed by atoms with Crippen molar-refractivity contribution >= 4 is 19.8 Å². The minimum absolute atomic E-state index is 0.189. The monoisotopic (exact) mass is 861 g/mol. The van der Waals surface area contributed by atoms with E-state index < -0.39 is 51.8 Å². The zero-order valence-corrected chi connectivity index (χ0v) is 39.1. The molecule has 10 nitrogen and oxygen atoms in total. The Morgan fingerprint density at radius 3 is 1.22 bits per heavy atom. The summed E-state index contributed by atoms with van der Waals surface area (Å²) in [4.78, 5) is 35.1. The van der Waals surface area contributed by atoms with E-state index in [-0.39, 0.29) is 19.4 Å². The Hall–Kier alpha value is -1.29. The molecule has 0 aliphatic heterocycles. The maximum Gasteiger partial charge on any atom is 0.472 e. The van der Waals surface area contributed by atoms with Crippen LogP contribution in [0.15, 0.2) is 12.2 Å². The number of hydrogen-bond donors (Lipinski definition) is 3. The van der Waals surface area contributed by atoms with E-state index >= 15 is 0 Å². The molecular weight excluding hydrogens is 767 g/mol. The molecule has 3 N–H and O–H groups in total. The van der Waals surface area contributed by atoms with Crippen molar-refractivity contribution in [1.82, 2.24) is 0 Å². The molecule has 0 saturated heterocycles. The van der Waals surface area contributed by atoms with Gasteiger partial charge in [-0.15, -0.1) is 0 Å². The molecule has 0 aromatic carbocycles. The van der Waals surface area contributed by atoms with Gasteiger partial charge in [-0.1, -0.05) is 206 Å². The summed E-state index contributed by atoms with van der Waals surface area (Å²) >= 11 is 0. The van der Waals surface area contributed by atoms with Crippen molar-refractivity contribution in [3.63, 3.8) is 0 Å². The lowest BCUT2D eigenvalue weighted by Crippen LogP contribution is -2.29. The van der Waals surface area contributed by atoms with Gasteiger partial charge in [-0.2, -0.15) is 0 Å². The summed E-state index contributed by atoms with van der Waals surface area (Å²) in [5, 5.41) is 18.4. The average Bonchev–Trinajstić information content (AvgIpc) is 3.22. The van der Waals surface area contributed by atoms with Gasteiger partial charge in [-0.05, 0) is 38.5 Å². The summed E-state index contributed by atoms with van der Waals surface area (Å²) in [6.07, 6.45) is 44.7. The molecule has 0 aromatic rings. The Morgan fingerprint density at radius 2 is 0.831 bits per heavy atom. The lowest BCUT2D eigenvalue weighted by atomic mass is 10.0. The van der Waals surface area contributed by atoms with Crippen molar-refractivity contribution < 1.29 is 47.8 Å². The Labute approximate surface area is 362 Å². The zero-order chi connectivity index (χ0) is 43.3. The van der Waals surface area contributed by atoms with E-state index in [2.05, 4.69) is 26.0 Å². The molecule has 350 valence electrons. The van der Waals surface area contributed by atoms with Crippen LogP contribution < -0.4 is 0 Å². The number of phosphoric acid groups is 1. The number of rotatable bonds is 47. The number of carbonyl (C=O) groups excluding carboxylic acids is 2. The molecule has 0 radical (unpaired) electrons. The highest BCUT2D eigenvalue weighted by molar-refractivity contribution is 7.47. The summed E-state index contributed by atoms with van der Waals surface area (Å²) < 4.78 is 32.8. The summed E-state index contributed by atoms with van der Waals surface area (Å²) in [6, 6.07) is 0. The van der Waals surface area contributed by atoms with E-state index in [1.165, 1.54) is 154 Å². The van der Waals surface area contributed by atoms with Crippen molar-refractivity contribution in [3.8, 4) is 0 Å². The standard InChI is InChI=1S/C48H93O10P/c1-3-5-7-9-11-13-15-17-19-20-21-22-23-24-25-26-28-30-32-34-36-38-40-48(52)58-46(44-57-59(53,54)56-42-45(50)41-49)43-55-47(51)39-37-35-33-31-29-27-18-16-14-12-10-8-6-4-2/h16,18,45-46,49-50H,3-15,17,19-44H2,1-2H3,(H,53,54)/b18-16+/t45-,46+/m0/s1. The highest BCUT2D eigenvalue weighted by atomic mass is 31.2. The van der Waals surface area contributed by atoms with Gasteiger partial charge in [0, 0.05) is 12.8 Å². The third-order valence-corrected chi connectivity index (χ3v) is 11.9. The van der Waals surface area contributed by atoms with Crippen LogP contribution in [0, 0.1) is 0 Å². The molecule has 0 aliphatic rings. The van der Waals surface area contributed by atoms with Crippen LogP contribution in [0.2, 0.25) is 0 Å². The second-order valence-electron chi connectivity index (χ2n) is 16.8. The van der Waals surface area contributed by atoms with Gasteiger partial charge in [0.2, 0.25) is 0 Å². The van der Waals surface area contributed by atoms with E-state index in [4.69, 9.17) is 23.6 Å². The predicted octanol–water partition coefficient (Wildman–Crippen LogP) is 13.6. The predicted molar refractivity (Wildman–Crippen MR) is 242 cm³/mol. The summed E-state index contributed by atoms with van der Waals surface area (Å²) in [7, 11) is -4.62. The van der Waals surface area contributed by atoms with Crippen LogP contribution in [0.25, 0.3) is 0 Å². The van der Waals surface area contributed by atoms with E-state index in [0.29, 0.717) is 12.8 Å². The van der Waals surface area contributed by atoms with Gasteiger partial charge in [0.1, 0.15) is 12.7 Å². The highest BCUT2D eigenvalue weighted by Gasteiger charge is 2.27. The molecule has 0 aliphatic carbocycles. The maximum atomic E-state index is 12.7. The number of phosphoric ester groups is 1. The first-order valence-corrected chi connectivity index (χ1v) is 26.1. The fraction of sp³-hybridized carbons (Fsp3) is 0.917. The molecule has 0 bridgehead atoms. The first-order chi connectivity index (χ1) is 28.7. The maximum absolute atomic E-state index is 12.7. The molecule has 0 aromatic heterocycles. The van der Waals surface area contributed by atoms with Gasteiger partial charge in [-0.3, -0.25) is 18.6 Å². The molecule has 1 unspecified atom stereocenters. The van der Waals surface area contributed by atoms with Crippen molar-refractivity contribution in [2.75, 3.05) is 26.4 Å². The van der Waals surface area contributed by atoms with E-state index in [1.807, 2.05) is 0 Å². The summed E-state index contributed by atoms with van der Waals surface area (Å²) in [5.74, 6) is -0.920. The smallest absolute Gasteiger partial charge is 0.462 e. The Kier molecular flexibility index (Phi) is 43.8. The fourth-order valence-electron chi connectivity index (χ4n) is 7.11. The Morgan fingerprint density at radius 1 is 0.492 bits per heavy atom. The third-order valence-electron chi connectivity index (χ3n) is 10.9. The first-order valence-electron chi connectivity index (χ1n) is 24.6. The van der Waals surface area contributed by atoms with Crippen molar-refractivity contribution in [1.29, 1.82) is 0 Å². The number of allylic oxidation sites excluding steroid dienone is 2. The number of hydrogen-bond acceptors (Lipinski definition) is 9. The quantitative estimate of drug-likeness (QED) is 0.0234. The molecule has 11 heteroatoms. The SMILES string of the molecule is CCCCCCC/C=C/CCCCCCCC(=O)OC[C@H](COP(=O)(O)OC[C@@H](O)CO)OC(=O)CCCCCCCCCCCCCCCCCCCCCCCC. The van der Waals surface area contributed by atoms with Crippen molar-refractivity contribution in [2.45, 2.75) is 257 Å². The van der Waals surface area contributed by atoms with Gasteiger partial charge in [0.25, 0.3) is 0 Å². The number of esters is 2. The number of ether oxygens (including phenoxy) is 2. The van der Waals surface area contributed by atoms with Crippen LogP contribution in [0.5, 0.6) is 0 Å². The minimum Gasteiger partial charge on any atom is -0.462 e. The van der Waals surface area contributed by atoms with E-state index in [0.717, 1.165) is 51.4 Å². The van der Waals surface area contributed by atoms with Crippen molar-refractivity contribution in [3.05, 3.63) is 12.2 Å². The normalized spacial score (nSPS) is 13.8. The van der Waals surface area contributed by atoms with Gasteiger partial charge in [0.15, 0.2) is 6.10 Å². The van der Waals surface area contributed by atoms with Crippen LogP contribution in [0.3, 0.4) is 0 Å². The lowest BCUT2D eigenvalue weighted by Gasteiger charge is -2.20. The second kappa shape index (κ2) is 44.8. The second-order valence-corrected chi connectivity index (χ2v) is 18.3. The minimum atomic E-state index is -4.62. The molecule has 0 amide bonds. The summed E-state index contributed by atoms with van der Waals surface area (Å²) in [5.41, 5.74) is 0. The number of aliphatic hydroxyl groups is 2. The largest absolute Gasteiger partial charge is 0.472 e. The van der Waals surface area contributed by atoms with Crippen molar-refractivity contribution in [2.24, 2.45) is 0 Å². The zero-order valence-electron chi connectivity index (χ0n) is 38.2. The van der Waals surface area contributed by atoms with Gasteiger partial charge in [-0.25, -0.2) is 4.57 Å². The number of aliphatic hydroxyl groups excluding tert-OH is 2. The molecule has 0 saturated carbocycles. The molecule has 3 atom stereocenters. The Bertz CT molecular complexity index is 993. The van der Waals surface area contributed by atoms with Gasteiger partial charge in [0.05, 0.1) is 19.8 Å². The number of carbonyl (C=O) groups is 2. The van der Waals surface area contributed by atoms with Gasteiger partial charge < -0.3 is 24.6 Å². The molecule has 59 heavy (non-hydrogen) atoms. The third kappa shape index (κ3) is 44.6. The molecular formula is C48H93O10P. The van der Waals surface area contributed by atoms with Crippen LogP contribution in [-0.4, -0.2) is 65.7 Å². The molecule has 0 spiro atoms. The summed E-state index contributed by atoms with van der Waals surface area (Å²) in [6.45, 7) is 2.41.